The fraction of sp³-hybridized carbons (Fsp3) is 0.171. The second kappa shape index (κ2) is 26.3. The lowest BCUT2D eigenvalue weighted by Crippen LogP contribution is -2.27. The van der Waals surface area contributed by atoms with Gasteiger partial charge in [0.25, 0.3) is 0 Å². The predicted molar refractivity (Wildman–Crippen MR) is 372 cm³/mol. The molecule has 0 fully saturated rings. The van der Waals surface area contributed by atoms with Crippen molar-refractivity contribution in [1.29, 1.82) is 0 Å². The van der Waals surface area contributed by atoms with Gasteiger partial charge in [0.05, 0.1) is 0 Å². The number of anilines is 4. The van der Waals surface area contributed by atoms with E-state index in [1.54, 1.807) is 0 Å². The van der Waals surface area contributed by atoms with Crippen molar-refractivity contribution in [3.05, 3.63) is 334 Å². The van der Waals surface area contributed by atoms with Gasteiger partial charge in [0.15, 0.2) is 0 Å². The first-order valence-electron chi connectivity index (χ1n) is 30.4. The zero-order valence-electron chi connectivity index (χ0n) is 50.5. The largest absolute Gasteiger partial charge is 0.335 e. The fourth-order valence-corrected chi connectivity index (χ4v) is 13.7. The van der Waals surface area contributed by atoms with Crippen LogP contribution < -0.4 is 9.80 Å². The molecule has 0 spiro atoms. The summed E-state index contributed by atoms with van der Waals surface area (Å²) in [6.07, 6.45) is 40.5. The monoisotopic (exact) mass is 1120 g/mol. The maximum atomic E-state index is 4.04. The van der Waals surface area contributed by atoms with Crippen LogP contribution in [-0.4, -0.2) is 6.04 Å². The van der Waals surface area contributed by atoms with Gasteiger partial charge in [0.1, 0.15) is 0 Å². The smallest absolute Gasteiger partial charge is 0.0497 e. The molecule has 8 aromatic rings. The first-order valence-corrected chi connectivity index (χ1v) is 31.3. The quantitative estimate of drug-likeness (QED) is 0.0745. The number of thiophene rings is 1. The molecule has 85 heavy (non-hydrogen) atoms. The standard InChI is InChI=1S/C82H78N2S/c1-9-25-62(26-10-2)65-44-52-72(53-45-65)84(73-54-46-67(47-55-73)64-30-17-14-18-31-64)74(27-11-3)57-69-56-68(60(7)82(69,8)79-36-23-21-32-75(79)77-34-19-20-35-78-76-33-22-24-37-80(76)85-81(77)78)39-38-59(6)83(70-48-40-61(41-49-70)58(5)12-4)71-50-42-66(43-51-71)63-28-15-13-16-29-63/h9-11,13,15-17,20-59H,1,12,14,18-19H2,2-8H3/b26-10-,27-11-,39-38-,62-25+,74-57+. The molecule has 1 aromatic heterocycles. The summed E-state index contributed by atoms with van der Waals surface area (Å²) in [7, 11) is 0. The van der Waals surface area contributed by atoms with Crippen molar-refractivity contribution >= 4 is 67.0 Å². The third-order valence-corrected chi connectivity index (χ3v) is 18.7. The topological polar surface area (TPSA) is 6.48 Å². The molecule has 1 heterocycles. The molecule has 3 heteroatoms. The zero-order valence-corrected chi connectivity index (χ0v) is 51.3. The number of allylic oxidation sites excluding steroid dienone is 19. The maximum absolute atomic E-state index is 4.04. The molecule has 3 aliphatic rings. The number of rotatable bonds is 19. The van der Waals surface area contributed by atoms with Crippen LogP contribution in [0.3, 0.4) is 0 Å². The van der Waals surface area contributed by atoms with Gasteiger partial charge in [-0.2, -0.15) is 0 Å². The van der Waals surface area contributed by atoms with Gasteiger partial charge in [-0.25, -0.2) is 0 Å². The minimum atomic E-state index is -0.557. The minimum absolute atomic E-state index is 0.00609. The van der Waals surface area contributed by atoms with Crippen LogP contribution in [0.1, 0.15) is 118 Å². The van der Waals surface area contributed by atoms with Crippen molar-refractivity contribution in [2.75, 3.05) is 9.80 Å². The van der Waals surface area contributed by atoms with Crippen LogP contribution in [-0.2, 0) is 5.41 Å². The summed E-state index contributed by atoms with van der Waals surface area (Å²) in [6.45, 7) is 20.0. The molecule has 0 bridgehead atoms. The van der Waals surface area contributed by atoms with Gasteiger partial charge in [0.2, 0.25) is 0 Å². The summed E-state index contributed by atoms with van der Waals surface area (Å²) in [6, 6.07) is 65.3. The molecule has 3 atom stereocenters. The van der Waals surface area contributed by atoms with E-state index in [2.05, 4.69) is 332 Å². The number of nitrogens with zero attached hydrogens (tertiary/aromatic N) is 2. The van der Waals surface area contributed by atoms with E-state index in [9.17, 15) is 0 Å². The molecule has 2 nitrogen and oxygen atoms in total. The van der Waals surface area contributed by atoms with Gasteiger partial charge in [0, 0.05) is 60.4 Å². The molecule has 0 N–H and O–H groups in total. The lowest BCUT2D eigenvalue weighted by Gasteiger charge is -2.34. The summed E-state index contributed by atoms with van der Waals surface area (Å²) in [5.74, 6) is 0.490. The summed E-state index contributed by atoms with van der Waals surface area (Å²) in [4.78, 5) is 6.24. The molecule has 7 aromatic carbocycles. The second-order valence-electron chi connectivity index (χ2n) is 22.7. The van der Waals surface area contributed by atoms with E-state index >= 15 is 0 Å². The van der Waals surface area contributed by atoms with E-state index in [4.69, 9.17) is 0 Å². The van der Waals surface area contributed by atoms with Crippen LogP contribution in [0, 0.1) is 0 Å². The van der Waals surface area contributed by atoms with E-state index in [1.807, 2.05) is 17.4 Å². The highest BCUT2D eigenvalue weighted by molar-refractivity contribution is 7.20. The Bertz CT molecular complexity index is 4060. The Balaban J connectivity index is 1.08. The maximum Gasteiger partial charge on any atom is 0.0497 e. The number of fused-ring (bicyclic) bond motifs is 3. The Morgan fingerprint density at radius 2 is 1.32 bits per heavy atom. The second-order valence-corrected chi connectivity index (χ2v) is 23.8. The van der Waals surface area contributed by atoms with Gasteiger partial charge in [-0.15, -0.1) is 11.3 Å². The molecule has 11 rings (SSSR count). The average molecular weight is 1120 g/mol. The van der Waals surface area contributed by atoms with Crippen LogP contribution in [0.25, 0.3) is 44.0 Å². The molecular weight excluding hydrogens is 1040 g/mol. The Labute approximate surface area is 510 Å². The van der Waals surface area contributed by atoms with Crippen LogP contribution in [0.5, 0.6) is 0 Å². The highest BCUT2D eigenvalue weighted by Crippen LogP contribution is 2.52. The highest BCUT2D eigenvalue weighted by atomic mass is 32.1. The van der Waals surface area contributed by atoms with E-state index in [-0.39, 0.29) is 6.04 Å². The fourth-order valence-electron chi connectivity index (χ4n) is 12.5. The van der Waals surface area contributed by atoms with Gasteiger partial charge < -0.3 is 9.80 Å². The van der Waals surface area contributed by atoms with Crippen molar-refractivity contribution in [1.82, 2.24) is 0 Å². The lowest BCUT2D eigenvalue weighted by atomic mass is 9.70. The Hall–Kier alpha value is -9.02. The Morgan fingerprint density at radius 3 is 2.01 bits per heavy atom. The van der Waals surface area contributed by atoms with Gasteiger partial charge in [-0.05, 0) is 200 Å². The molecule has 0 aliphatic heterocycles. The Morgan fingerprint density at radius 1 is 0.671 bits per heavy atom. The number of benzene rings is 7. The van der Waals surface area contributed by atoms with Crippen LogP contribution >= 0.6 is 11.3 Å². The summed E-state index contributed by atoms with van der Waals surface area (Å²) >= 11 is 1.91. The van der Waals surface area contributed by atoms with Crippen LogP contribution in [0.15, 0.2) is 296 Å². The van der Waals surface area contributed by atoms with Crippen molar-refractivity contribution in [3.8, 4) is 11.1 Å². The van der Waals surface area contributed by atoms with E-state index < -0.39 is 5.41 Å². The SMILES string of the molecule is C=C/C=C(\C=C/C)c1ccc(N(C(/C=C\C)=C/C2=CC(/C=C\C(C)N(c3ccc(-c4ccccc4)cc3)c3ccc(C(C)CC)cc3)=C(C)C2(C)c2ccccc2C2=CCC=Cc3c2sc2ccccc32)c2ccc(C3=CCCC=C3)cc2)cc1. The van der Waals surface area contributed by atoms with E-state index in [0.717, 1.165) is 65.3 Å². The minimum Gasteiger partial charge on any atom is -0.335 e. The van der Waals surface area contributed by atoms with E-state index in [1.165, 1.54) is 81.8 Å². The average Bonchev–Trinajstić information content (AvgIpc) is 1.93. The zero-order chi connectivity index (χ0) is 58.9. The highest BCUT2D eigenvalue weighted by Gasteiger charge is 2.40. The normalized spacial score (nSPS) is 17.1. The number of hydrogen-bond donors (Lipinski definition) is 0. The van der Waals surface area contributed by atoms with Crippen LogP contribution in [0.2, 0.25) is 0 Å². The summed E-state index contributed by atoms with van der Waals surface area (Å²) in [5.41, 5.74) is 22.4. The summed E-state index contributed by atoms with van der Waals surface area (Å²) in [5, 5.41) is 1.31. The lowest BCUT2D eigenvalue weighted by molar-refractivity contribution is 0.681. The van der Waals surface area contributed by atoms with Crippen molar-refractivity contribution in [2.45, 2.75) is 91.5 Å². The molecule has 0 radical (unpaired) electrons. The first-order chi connectivity index (χ1) is 41.6. The molecule has 0 amide bonds. The Kier molecular flexibility index (Phi) is 17.9. The number of hydrogen-bond acceptors (Lipinski definition) is 3. The van der Waals surface area contributed by atoms with Crippen molar-refractivity contribution < 1.29 is 0 Å². The summed E-state index contributed by atoms with van der Waals surface area (Å²) < 4.78 is 1.31. The molecule has 0 saturated heterocycles. The van der Waals surface area contributed by atoms with Crippen molar-refractivity contribution in [3.63, 3.8) is 0 Å². The third kappa shape index (κ3) is 12.1. The van der Waals surface area contributed by atoms with Crippen molar-refractivity contribution in [2.24, 2.45) is 0 Å². The van der Waals surface area contributed by atoms with Gasteiger partial charge in [-0.1, -0.05) is 232 Å². The molecular formula is C82H78N2S. The van der Waals surface area contributed by atoms with Gasteiger partial charge in [-0.3, -0.25) is 0 Å². The predicted octanol–water partition coefficient (Wildman–Crippen LogP) is 23.4. The first kappa shape index (κ1) is 57.8. The molecule has 422 valence electrons. The molecule has 3 aliphatic carbocycles. The van der Waals surface area contributed by atoms with Crippen LogP contribution in [0.4, 0.5) is 22.7 Å². The van der Waals surface area contributed by atoms with Gasteiger partial charge >= 0.3 is 0 Å². The van der Waals surface area contributed by atoms with E-state index in [0.29, 0.717) is 5.92 Å². The molecule has 3 unspecified atom stereocenters. The third-order valence-electron chi connectivity index (χ3n) is 17.5. The molecule has 0 saturated carbocycles.